The third-order valence-corrected chi connectivity index (χ3v) is 17.5. The van der Waals surface area contributed by atoms with Crippen LogP contribution < -0.4 is 30.2 Å². The molecule has 2 saturated carbocycles. The number of aromatic nitrogens is 2. The van der Waals surface area contributed by atoms with E-state index in [1.54, 1.807) is 38.1 Å². The summed E-state index contributed by atoms with van der Waals surface area (Å²) >= 11 is 4.67. The first-order valence-electron chi connectivity index (χ1n) is 25.5. The Morgan fingerprint density at radius 1 is 0.620 bits per heavy atom. The maximum absolute atomic E-state index is 13.5. The van der Waals surface area contributed by atoms with Gasteiger partial charge in [-0.2, -0.15) is 0 Å². The van der Waals surface area contributed by atoms with Crippen molar-refractivity contribution in [2.24, 2.45) is 10.8 Å². The molecule has 4 aliphatic heterocycles. The molecular formula is C54H72I2N8O6S. The smallest absolute Gasteiger partial charge is 0.258 e. The van der Waals surface area contributed by atoms with Crippen molar-refractivity contribution in [3.8, 4) is 0 Å². The molecule has 0 radical (unpaired) electrons. The molecule has 6 aliphatic rings. The van der Waals surface area contributed by atoms with Gasteiger partial charge in [0.15, 0.2) is 9.84 Å². The molecule has 2 N–H and O–H groups in total. The number of benzene rings is 2. The van der Waals surface area contributed by atoms with Gasteiger partial charge in [-0.3, -0.25) is 9.59 Å². The molecule has 4 saturated heterocycles. The van der Waals surface area contributed by atoms with Crippen molar-refractivity contribution in [1.29, 1.82) is 0 Å². The minimum atomic E-state index is -3.46. The Labute approximate surface area is 449 Å². The Hall–Kier alpha value is -3.79. The quantitative estimate of drug-likeness (QED) is 0.115. The van der Waals surface area contributed by atoms with E-state index in [2.05, 4.69) is 107 Å². The summed E-state index contributed by atoms with van der Waals surface area (Å²) in [6.45, 7) is 20.0. The first-order chi connectivity index (χ1) is 33.9. The predicted octanol–water partition coefficient (Wildman–Crippen LogP) is 10.5. The fraction of sp³-hybridized carbons (Fsp3) is 0.556. The maximum Gasteiger partial charge on any atom is 0.258 e. The summed E-state index contributed by atoms with van der Waals surface area (Å²) in [5.41, 5.74) is 4.00. The second-order valence-electron chi connectivity index (χ2n) is 20.8. The molecule has 0 bridgehead atoms. The largest absolute Gasteiger partial charge is 0.375 e. The van der Waals surface area contributed by atoms with Crippen LogP contribution in [0.5, 0.6) is 0 Å². The van der Waals surface area contributed by atoms with Crippen LogP contribution in [0.25, 0.3) is 0 Å². The molecule has 6 fully saturated rings. The highest BCUT2D eigenvalue weighted by atomic mass is 127. The number of amides is 2. The standard InChI is InChI=1S/C27H36N4O4S.C24H29IN4O2.C3H7I/c1-19(2)36(33,34)21-7-8-22(23(17-21)30-13-11-27(9-10-27)12-14-30)26(32)29-24-5-4-6-25(28-24)31-15-16-35-20(3)18-31;1-17-16-29(13-14-31-17)22-4-2-3-21(26-22)27-23(30)19-6-5-18(25)15-20(19)28-11-9-24(7-8-24)10-12-28;1-3(2)4/h4-8,17,19-20H,9-16,18H2,1-3H3,(H,28,29,32);2-6,15,17H,7-14,16H2,1H3,(H,26,27,30);3H,1-2H3/t20-;17-;/m11./s1. The van der Waals surface area contributed by atoms with Gasteiger partial charge in [0.1, 0.15) is 23.3 Å². The first-order valence-corrected chi connectivity index (χ1v) is 29.4. The van der Waals surface area contributed by atoms with Crippen LogP contribution in [0.2, 0.25) is 0 Å². The van der Waals surface area contributed by atoms with Crippen LogP contribution in [0.1, 0.15) is 114 Å². The molecule has 2 spiro atoms. The Balaban J connectivity index is 0.000000179. The highest BCUT2D eigenvalue weighted by Gasteiger charge is 2.46. The van der Waals surface area contributed by atoms with E-state index >= 15 is 0 Å². The number of halogens is 2. The molecule has 14 nitrogen and oxygen atoms in total. The van der Waals surface area contributed by atoms with Gasteiger partial charge in [-0.15, -0.1) is 0 Å². The van der Waals surface area contributed by atoms with E-state index in [0.717, 1.165) is 95.6 Å². The van der Waals surface area contributed by atoms with Crippen molar-refractivity contribution in [2.75, 3.05) is 95.8 Å². The van der Waals surface area contributed by atoms with E-state index in [4.69, 9.17) is 14.5 Å². The molecule has 2 aromatic heterocycles. The van der Waals surface area contributed by atoms with Gasteiger partial charge in [0, 0.05) is 59.9 Å². The van der Waals surface area contributed by atoms with Crippen LogP contribution >= 0.6 is 45.2 Å². The van der Waals surface area contributed by atoms with E-state index < -0.39 is 15.1 Å². The second kappa shape index (κ2) is 23.2. The molecule has 71 heavy (non-hydrogen) atoms. The number of pyridine rings is 2. The zero-order chi connectivity index (χ0) is 50.5. The molecule has 2 amide bonds. The number of rotatable bonds is 10. The van der Waals surface area contributed by atoms with Crippen molar-refractivity contribution in [3.63, 3.8) is 0 Å². The number of nitrogens with zero attached hydrogens (tertiary/aromatic N) is 6. The summed E-state index contributed by atoms with van der Waals surface area (Å²) < 4.78 is 39.1. The van der Waals surface area contributed by atoms with Crippen LogP contribution in [0.4, 0.5) is 34.6 Å². The van der Waals surface area contributed by atoms with Gasteiger partial charge in [0.2, 0.25) is 0 Å². The molecular weight excluding hydrogens is 1140 g/mol. The summed E-state index contributed by atoms with van der Waals surface area (Å²) in [5.74, 6) is 2.34. The predicted molar refractivity (Wildman–Crippen MR) is 303 cm³/mol. The number of alkyl halides is 1. The fourth-order valence-corrected chi connectivity index (χ4v) is 11.5. The maximum atomic E-state index is 13.5. The Kier molecular flexibility index (Phi) is 17.5. The van der Waals surface area contributed by atoms with Gasteiger partial charge >= 0.3 is 0 Å². The van der Waals surface area contributed by atoms with Crippen molar-refractivity contribution in [1.82, 2.24) is 9.97 Å². The molecule has 4 aromatic rings. The molecule has 2 aliphatic carbocycles. The molecule has 10 rings (SSSR count). The van der Waals surface area contributed by atoms with Gasteiger partial charge in [-0.1, -0.05) is 48.6 Å². The van der Waals surface area contributed by atoms with E-state index in [-0.39, 0.29) is 28.9 Å². The Bertz CT molecular complexity index is 2600. The monoisotopic (exact) mass is 1210 g/mol. The number of morpholine rings is 2. The number of piperidine rings is 2. The number of carbonyl (C=O) groups is 2. The lowest BCUT2D eigenvalue weighted by Gasteiger charge is -2.35. The lowest BCUT2D eigenvalue weighted by atomic mass is 9.93. The van der Waals surface area contributed by atoms with Gasteiger partial charge in [-0.25, -0.2) is 18.4 Å². The average molecular weight is 1220 g/mol. The number of hydrogen-bond donors (Lipinski definition) is 2. The van der Waals surface area contributed by atoms with Crippen LogP contribution in [-0.2, 0) is 19.3 Å². The summed E-state index contributed by atoms with van der Waals surface area (Å²) in [4.78, 5) is 45.3. The van der Waals surface area contributed by atoms with Gasteiger partial charge in [-0.05, 0) is 173 Å². The van der Waals surface area contributed by atoms with E-state index in [1.807, 2.05) is 49.4 Å². The number of ether oxygens (including phenoxy) is 2. The Morgan fingerprint density at radius 3 is 1.45 bits per heavy atom. The van der Waals surface area contributed by atoms with Gasteiger partial charge < -0.3 is 39.7 Å². The summed E-state index contributed by atoms with van der Waals surface area (Å²) in [6, 6.07) is 22.4. The highest BCUT2D eigenvalue weighted by molar-refractivity contribution is 14.1. The third-order valence-electron chi connectivity index (χ3n) is 14.7. The van der Waals surface area contributed by atoms with Gasteiger partial charge in [0.25, 0.3) is 11.8 Å². The topological polar surface area (TPSA) is 150 Å². The van der Waals surface area contributed by atoms with E-state index in [9.17, 15) is 18.0 Å². The van der Waals surface area contributed by atoms with Crippen LogP contribution in [-0.4, -0.2) is 117 Å². The third kappa shape index (κ3) is 13.9. The SMILES string of the molecule is CC(C)I.CC(C)S(=O)(=O)c1ccc(C(=O)Nc2cccc(N3CCO[C@H](C)C3)n2)c(N2CCC3(CC2)CC3)c1.C[C@@H]1CN(c2cccc(NC(=O)c3ccc(I)cc3N3CCC4(CC3)CC4)n2)CCO1. The number of carbonyl (C=O) groups excluding carboxylic acids is 2. The summed E-state index contributed by atoms with van der Waals surface area (Å²) in [6.07, 6.45) is 10.3. The normalized spacial score (nSPS) is 21.3. The number of anilines is 6. The van der Waals surface area contributed by atoms with E-state index in [1.165, 1.54) is 38.5 Å². The summed E-state index contributed by atoms with van der Waals surface area (Å²) in [7, 11) is -3.46. The zero-order valence-electron chi connectivity index (χ0n) is 42.3. The molecule has 384 valence electrons. The summed E-state index contributed by atoms with van der Waals surface area (Å²) in [5, 5.41) is 5.46. The minimum absolute atomic E-state index is 0.0990. The van der Waals surface area contributed by atoms with Crippen molar-refractivity contribution in [2.45, 2.75) is 119 Å². The van der Waals surface area contributed by atoms with Crippen molar-refractivity contribution in [3.05, 3.63) is 87.5 Å². The van der Waals surface area contributed by atoms with E-state index in [0.29, 0.717) is 46.9 Å². The van der Waals surface area contributed by atoms with Crippen molar-refractivity contribution >= 4 is 101 Å². The minimum Gasteiger partial charge on any atom is -0.375 e. The lowest BCUT2D eigenvalue weighted by Crippen LogP contribution is -2.41. The zero-order valence-corrected chi connectivity index (χ0v) is 47.4. The number of sulfone groups is 1. The molecule has 17 heteroatoms. The molecule has 2 aromatic carbocycles. The highest BCUT2D eigenvalue weighted by Crippen LogP contribution is 2.55. The molecule has 6 heterocycles. The fourth-order valence-electron chi connectivity index (χ4n) is 9.93. The second-order valence-corrected chi connectivity index (χ2v) is 27.1. The van der Waals surface area contributed by atoms with Crippen LogP contribution in [0.3, 0.4) is 0 Å². The molecule has 2 atom stereocenters. The lowest BCUT2D eigenvalue weighted by molar-refractivity contribution is 0.0528. The first kappa shape index (κ1) is 53.5. The Morgan fingerprint density at radius 2 is 1.04 bits per heavy atom. The van der Waals surface area contributed by atoms with Crippen LogP contribution in [0, 0.1) is 14.4 Å². The average Bonchev–Trinajstić information content (AvgIpc) is 4.30. The number of nitrogens with one attached hydrogen (secondary N) is 2. The van der Waals surface area contributed by atoms with Crippen LogP contribution in [0.15, 0.2) is 77.7 Å². The van der Waals surface area contributed by atoms with Crippen molar-refractivity contribution < 1.29 is 27.5 Å². The number of hydrogen-bond acceptors (Lipinski definition) is 12. The van der Waals surface area contributed by atoms with Gasteiger partial charge in [0.05, 0.1) is 58.1 Å². The molecule has 0 unspecified atom stereocenters.